The van der Waals surface area contributed by atoms with Crippen molar-refractivity contribution >= 4 is 11.9 Å². The van der Waals surface area contributed by atoms with Crippen LogP contribution in [0.4, 0.5) is 0 Å². The highest BCUT2D eigenvalue weighted by Gasteiger charge is 2.45. The van der Waals surface area contributed by atoms with Crippen LogP contribution >= 0.6 is 0 Å². The fraction of sp³-hybridized carbons (Fsp3) is 0.364. The van der Waals surface area contributed by atoms with E-state index in [0.717, 1.165) is 6.42 Å². The quantitative estimate of drug-likeness (QED) is 0.729. The Morgan fingerprint density at radius 3 is 2.57 bits per heavy atom. The Balaban J connectivity index is 1.78. The molecule has 0 aromatic heterocycles. The van der Waals surface area contributed by atoms with Crippen molar-refractivity contribution in [1.29, 1.82) is 0 Å². The Hall–Kier alpha value is -3.02. The molecule has 0 spiro atoms. The van der Waals surface area contributed by atoms with Crippen molar-refractivity contribution in [3.05, 3.63) is 59.2 Å². The second kappa shape index (κ2) is 8.33. The van der Waals surface area contributed by atoms with E-state index in [4.69, 9.17) is 9.47 Å². The minimum Gasteiger partial charge on any atom is -0.497 e. The van der Waals surface area contributed by atoms with Gasteiger partial charge in [0.25, 0.3) is 0 Å². The molecule has 6 nitrogen and oxygen atoms in total. The van der Waals surface area contributed by atoms with E-state index in [1.165, 1.54) is 18.2 Å². The molecule has 2 aromatic carbocycles. The van der Waals surface area contributed by atoms with Crippen molar-refractivity contribution in [2.45, 2.75) is 31.7 Å². The van der Waals surface area contributed by atoms with Crippen molar-refractivity contribution in [1.82, 2.24) is 5.32 Å². The van der Waals surface area contributed by atoms with Crippen LogP contribution in [-0.4, -0.2) is 31.2 Å². The van der Waals surface area contributed by atoms with Gasteiger partial charge in [-0.2, -0.15) is 0 Å². The first-order chi connectivity index (χ1) is 13.4. The Morgan fingerprint density at radius 1 is 1.18 bits per heavy atom. The van der Waals surface area contributed by atoms with E-state index in [0.29, 0.717) is 17.1 Å². The van der Waals surface area contributed by atoms with Crippen LogP contribution in [-0.2, 0) is 9.59 Å². The van der Waals surface area contributed by atoms with E-state index in [-0.39, 0.29) is 24.2 Å². The molecule has 0 bridgehead atoms. The van der Waals surface area contributed by atoms with Gasteiger partial charge in [0.2, 0.25) is 5.91 Å². The zero-order valence-corrected chi connectivity index (χ0v) is 16.3. The normalized spacial score (nSPS) is 18.8. The van der Waals surface area contributed by atoms with Crippen molar-refractivity contribution in [2.75, 3.05) is 14.2 Å². The molecule has 3 unspecified atom stereocenters. The first-order valence-corrected chi connectivity index (χ1v) is 9.24. The standard InChI is InChI=1S/C22H25NO5/c1-13-6-4-5-7-15(13)17-11-18(17)22(26)23-19(12-21(24)25)16-9-8-14(27-2)10-20(16)28-3/h4-10,17-19H,11-12H2,1-3H3,(H,23,26)(H,24,25). The highest BCUT2D eigenvalue weighted by atomic mass is 16.5. The Kier molecular flexibility index (Phi) is 5.87. The number of carboxylic acids is 1. The maximum absolute atomic E-state index is 12.8. The average Bonchev–Trinajstić information content (AvgIpc) is 3.47. The lowest BCUT2D eigenvalue weighted by Gasteiger charge is -2.20. The number of aliphatic carboxylic acids is 1. The van der Waals surface area contributed by atoms with Crippen LogP contribution in [0.1, 0.15) is 41.5 Å². The van der Waals surface area contributed by atoms with Gasteiger partial charge in [-0.1, -0.05) is 24.3 Å². The van der Waals surface area contributed by atoms with Crippen LogP contribution in [0.3, 0.4) is 0 Å². The predicted octanol–water partition coefficient (Wildman–Crippen LogP) is 3.45. The minimum atomic E-state index is -0.991. The fourth-order valence-electron chi connectivity index (χ4n) is 3.63. The maximum Gasteiger partial charge on any atom is 0.305 e. The number of amides is 1. The number of carbonyl (C=O) groups excluding carboxylic acids is 1. The Morgan fingerprint density at radius 2 is 1.93 bits per heavy atom. The predicted molar refractivity (Wildman–Crippen MR) is 105 cm³/mol. The summed E-state index contributed by atoms with van der Waals surface area (Å²) in [5.74, 6) is 0.0119. The van der Waals surface area contributed by atoms with Crippen molar-refractivity contribution in [3.8, 4) is 11.5 Å². The molecule has 6 heteroatoms. The number of methoxy groups -OCH3 is 2. The lowest BCUT2D eigenvalue weighted by molar-refractivity contribution is -0.137. The summed E-state index contributed by atoms with van der Waals surface area (Å²) < 4.78 is 10.6. The van der Waals surface area contributed by atoms with Crippen LogP contribution in [0.15, 0.2) is 42.5 Å². The molecular formula is C22H25NO5. The second-order valence-electron chi connectivity index (χ2n) is 7.07. The molecule has 2 N–H and O–H groups in total. The molecule has 3 atom stereocenters. The number of carbonyl (C=O) groups is 2. The molecule has 1 fully saturated rings. The summed E-state index contributed by atoms with van der Waals surface area (Å²) in [6.45, 7) is 2.04. The summed E-state index contributed by atoms with van der Waals surface area (Å²) in [4.78, 5) is 24.2. The molecular weight excluding hydrogens is 358 g/mol. The van der Waals surface area contributed by atoms with Crippen molar-refractivity contribution in [2.24, 2.45) is 5.92 Å². The monoisotopic (exact) mass is 383 g/mol. The number of ether oxygens (including phenoxy) is 2. The molecule has 1 amide bonds. The molecule has 148 valence electrons. The smallest absolute Gasteiger partial charge is 0.305 e. The fourth-order valence-corrected chi connectivity index (χ4v) is 3.63. The number of hydrogen-bond donors (Lipinski definition) is 2. The van der Waals surface area contributed by atoms with Gasteiger partial charge in [0.1, 0.15) is 11.5 Å². The molecule has 28 heavy (non-hydrogen) atoms. The number of aryl methyl sites for hydroxylation is 1. The third kappa shape index (κ3) is 4.27. The number of hydrogen-bond acceptors (Lipinski definition) is 4. The van der Waals surface area contributed by atoms with E-state index in [1.54, 1.807) is 25.3 Å². The molecule has 0 aliphatic heterocycles. The number of rotatable bonds is 8. The van der Waals surface area contributed by atoms with E-state index >= 15 is 0 Å². The zero-order valence-electron chi connectivity index (χ0n) is 16.3. The molecule has 0 radical (unpaired) electrons. The van der Waals surface area contributed by atoms with Crippen LogP contribution in [0.2, 0.25) is 0 Å². The van der Waals surface area contributed by atoms with Crippen LogP contribution in [0.25, 0.3) is 0 Å². The van der Waals surface area contributed by atoms with Gasteiger partial charge in [0.15, 0.2) is 0 Å². The van der Waals surface area contributed by atoms with Gasteiger partial charge in [-0.25, -0.2) is 0 Å². The lowest BCUT2D eigenvalue weighted by Crippen LogP contribution is -2.32. The highest BCUT2D eigenvalue weighted by Crippen LogP contribution is 2.49. The van der Waals surface area contributed by atoms with Gasteiger partial charge in [0, 0.05) is 17.5 Å². The Bertz CT molecular complexity index is 879. The van der Waals surface area contributed by atoms with Gasteiger partial charge < -0.3 is 19.9 Å². The van der Waals surface area contributed by atoms with Crippen molar-refractivity contribution in [3.63, 3.8) is 0 Å². The topological polar surface area (TPSA) is 84.9 Å². The number of carboxylic acid groups (broad SMARTS) is 1. The molecule has 1 saturated carbocycles. The molecule has 3 rings (SSSR count). The van der Waals surface area contributed by atoms with Gasteiger partial charge in [0.05, 0.1) is 26.7 Å². The maximum atomic E-state index is 12.8. The van der Waals surface area contributed by atoms with E-state index in [1.807, 2.05) is 25.1 Å². The summed E-state index contributed by atoms with van der Waals surface area (Å²) in [5, 5.41) is 12.2. The summed E-state index contributed by atoms with van der Waals surface area (Å²) in [5.41, 5.74) is 2.97. The third-order valence-electron chi connectivity index (χ3n) is 5.23. The zero-order chi connectivity index (χ0) is 20.3. The second-order valence-corrected chi connectivity index (χ2v) is 7.07. The average molecular weight is 383 g/mol. The first-order valence-electron chi connectivity index (χ1n) is 9.24. The SMILES string of the molecule is COc1ccc(C(CC(=O)O)NC(=O)C2CC2c2ccccc2C)c(OC)c1. The molecule has 2 aromatic rings. The third-order valence-corrected chi connectivity index (χ3v) is 5.23. The van der Waals surface area contributed by atoms with E-state index in [9.17, 15) is 14.7 Å². The van der Waals surface area contributed by atoms with E-state index < -0.39 is 12.0 Å². The first kappa shape index (κ1) is 19.7. The van der Waals surface area contributed by atoms with Gasteiger partial charge >= 0.3 is 5.97 Å². The molecule has 0 heterocycles. The minimum absolute atomic E-state index is 0.127. The van der Waals surface area contributed by atoms with E-state index in [2.05, 4.69) is 11.4 Å². The van der Waals surface area contributed by atoms with Gasteiger partial charge in [-0.3, -0.25) is 9.59 Å². The summed E-state index contributed by atoms with van der Waals surface area (Å²) in [6, 6.07) is 12.5. The largest absolute Gasteiger partial charge is 0.497 e. The van der Waals surface area contributed by atoms with Crippen LogP contribution in [0, 0.1) is 12.8 Å². The van der Waals surface area contributed by atoms with Crippen molar-refractivity contribution < 1.29 is 24.2 Å². The van der Waals surface area contributed by atoms with Crippen LogP contribution in [0.5, 0.6) is 11.5 Å². The van der Waals surface area contributed by atoms with Gasteiger partial charge in [-0.15, -0.1) is 0 Å². The summed E-state index contributed by atoms with van der Waals surface area (Å²) >= 11 is 0. The number of benzene rings is 2. The van der Waals surface area contributed by atoms with Gasteiger partial charge in [-0.05, 0) is 42.5 Å². The Labute approximate surface area is 164 Å². The highest BCUT2D eigenvalue weighted by molar-refractivity contribution is 5.84. The summed E-state index contributed by atoms with van der Waals surface area (Å²) in [6.07, 6.45) is 0.548. The van der Waals surface area contributed by atoms with Crippen LogP contribution < -0.4 is 14.8 Å². The number of nitrogens with one attached hydrogen (secondary N) is 1. The summed E-state index contributed by atoms with van der Waals surface area (Å²) in [7, 11) is 3.05. The molecule has 1 aliphatic carbocycles. The molecule has 0 saturated heterocycles. The lowest BCUT2D eigenvalue weighted by atomic mass is 10.0. The molecule has 1 aliphatic rings.